The van der Waals surface area contributed by atoms with Gasteiger partial charge in [0, 0.05) is 35.7 Å². The second kappa shape index (κ2) is 12.3. The van der Waals surface area contributed by atoms with Crippen LogP contribution in [0.1, 0.15) is 73.9 Å². The number of nitrogens with zero attached hydrogens (tertiary/aromatic N) is 1. The molecule has 2 bridgehead atoms. The first-order valence-corrected chi connectivity index (χ1v) is 17.2. The maximum atomic E-state index is 13.5. The Bertz CT molecular complexity index is 1380. The second-order valence-corrected chi connectivity index (χ2v) is 14.9. The van der Waals surface area contributed by atoms with Crippen molar-refractivity contribution in [3.05, 3.63) is 70.3 Å². The van der Waals surface area contributed by atoms with Gasteiger partial charge in [0.25, 0.3) is 5.91 Å². The summed E-state index contributed by atoms with van der Waals surface area (Å²) in [6, 6.07) is 11.9. The Kier molecular flexibility index (Phi) is 8.72. The molecule has 226 valence electrons. The van der Waals surface area contributed by atoms with Crippen molar-refractivity contribution in [2.24, 2.45) is 23.7 Å². The largest absolute Gasteiger partial charge is 0.490 e. The molecule has 8 heteroatoms. The minimum absolute atomic E-state index is 0.0622. The van der Waals surface area contributed by atoms with Crippen molar-refractivity contribution < 1.29 is 18.8 Å². The van der Waals surface area contributed by atoms with Crippen LogP contribution in [0.2, 0.25) is 5.02 Å². The fourth-order valence-electron chi connectivity index (χ4n) is 7.81. The molecule has 6 unspecified atom stereocenters. The molecule has 1 fully saturated rings. The lowest BCUT2D eigenvalue weighted by Gasteiger charge is -2.46. The van der Waals surface area contributed by atoms with Crippen molar-refractivity contribution in [1.82, 2.24) is 4.72 Å². The zero-order chi connectivity index (χ0) is 29.4. The van der Waals surface area contributed by atoms with Crippen LogP contribution >= 0.6 is 11.6 Å². The van der Waals surface area contributed by atoms with Crippen molar-refractivity contribution in [3.8, 4) is 5.75 Å². The summed E-state index contributed by atoms with van der Waals surface area (Å²) in [5.74, 6) is 2.10. The summed E-state index contributed by atoms with van der Waals surface area (Å²) in [6.45, 7) is 6.62. The van der Waals surface area contributed by atoms with E-state index in [1.165, 1.54) is 24.0 Å². The van der Waals surface area contributed by atoms with Crippen LogP contribution in [0.15, 0.2) is 48.6 Å². The Morgan fingerprint density at radius 1 is 1.19 bits per heavy atom. The highest BCUT2D eigenvalue weighted by Gasteiger charge is 2.44. The summed E-state index contributed by atoms with van der Waals surface area (Å²) in [7, 11) is -1.62. The highest BCUT2D eigenvalue weighted by molar-refractivity contribution is 7.84. The molecule has 2 aliphatic carbocycles. The Balaban J connectivity index is 1.40. The molecule has 0 radical (unpaired) electrons. The SMILES string of the molecule is CC1/C=C/CC(C)C(CCO)S(=O)NC(=O)c2ccc3c(c2)N(CC2CCC12)C[C@@]1(CCCc2cc(Cl)ccc21)CO3. The van der Waals surface area contributed by atoms with E-state index in [0.717, 1.165) is 55.2 Å². The molecule has 2 aliphatic heterocycles. The highest BCUT2D eigenvalue weighted by atomic mass is 35.5. The minimum atomic E-state index is -1.62. The number of rotatable bonds is 2. The molecule has 4 aliphatic rings. The van der Waals surface area contributed by atoms with E-state index in [2.05, 4.69) is 47.8 Å². The monoisotopic (exact) mass is 610 g/mol. The number of carbonyl (C=O) groups is 1. The van der Waals surface area contributed by atoms with Gasteiger partial charge >= 0.3 is 0 Å². The number of hydrogen-bond acceptors (Lipinski definition) is 5. The average molecular weight is 611 g/mol. The number of fused-ring (bicyclic) bond motifs is 4. The van der Waals surface area contributed by atoms with Crippen LogP contribution < -0.4 is 14.4 Å². The van der Waals surface area contributed by atoms with Crippen LogP contribution in [-0.4, -0.2) is 46.8 Å². The number of carbonyl (C=O) groups excluding carboxylic acids is 1. The van der Waals surface area contributed by atoms with E-state index < -0.39 is 11.0 Å². The number of allylic oxidation sites excluding steroid dienone is 2. The summed E-state index contributed by atoms with van der Waals surface area (Å²) in [4.78, 5) is 15.9. The third-order valence-electron chi connectivity index (χ3n) is 10.4. The Morgan fingerprint density at radius 3 is 2.83 bits per heavy atom. The third kappa shape index (κ3) is 5.77. The average Bonchev–Trinajstić information content (AvgIpc) is 3.10. The van der Waals surface area contributed by atoms with Crippen molar-refractivity contribution in [2.75, 3.05) is 31.2 Å². The van der Waals surface area contributed by atoms with E-state index in [-0.39, 0.29) is 29.1 Å². The zero-order valence-electron chi connectivity index (χ0n) is 24.7. The molecule has 0 saturated heterocycles. The molecule has 2 aromatic rings. The van der Waals surface area contributed by atoms with Crippen LogP contribution in [0.4, 0.5) is 5.69 Å². The van der Waals surface area contributed by atoms with E-state index >= 15 is 0 Å². The molecule has 7 atom stereocenters. The summed E-state index contributed by atoms with van der Waals surface area (Å²) in [6.07, 6.45) is 11.3. The Labute approximate surface area is 257 Å². The number of aliphatic hydroxyl groups is 1. The van der Waals surface area contributed by atoms with E-state index in [0.29, 0.717) is 36.3 Å². The van der Waals surface area contributed by atoms with Gasteiger partial charge in [-0.15, -0.1) is 0 Å². The number of hydrogen-bond donors (Lipinski definition) is 2. The van der Waals surface area contributed by atoms with Gasteiger partial charge in [-0.1, -0.05) is 43.7 Å². The molecule has 1 spiro atoms. The lowest BCUT2D eigenvalue weighted by Crippen LogP contribution is -2.49. The quantitative estimate of drug-likeness (QED) is 0.395. The second-order valence-electron chi connectivity index (χ2n) is 13.1. The summed E-state index contributed by atoms with van der Waals surface area (Å²) < 4.78 is 22.7. The number of ether oxygens (including phenoxy) is 1. The molecule has 1 saturated carbocycles. The van der Waals surface area contributed by atoms with E-state index in [1.807, 2.05) is 18.2 Å². The molecule has 42 heavy (non-hydrogen) atoms. The molecule has 0 aromatic heterocycles. The minimum Gasteiger partial charge on any atom is -0.490 e. The van der Waals surface area contributed by atoms with Gasteiger partial charge in [0.2, 0.25) is 0 Å². The first kappa shape index (κ1) is 29.7. The molecular weight excluding hydrogens is 568 g/mol. The highest BCUT2D eigenvalue weighted by Crippen LogP contribution is 2.47. The van der Waals surface area contributed by atoms with Gasteiger partial charge in [0.15, 0.2) is 0 Å². The fraction of sp³-hybridized carbons (Fsp3) is 0.559. The lowest BCUT2D eigenvalue weighted by molar-refractivity contribution is 0.0982. The van der Waals surface area contributed by atoms with Crippen molar-refractivity contribution >= 4 is 34.2 Å². The smallest absolute Gasteiger partial charge is 0.263 e. The molecule has 2 heterocycles. The molecule has 2 aromatic carbocycles. The Morgan fingerprint density at radius 2 is 2.05 bits per heavy atom. The number of aliphatic hydroxyl groups excluding tert-OH is 1. The normalized spacial score (nSPS) is 33.8. The van der Waals surface area contributed by atoms with Gasteiger partial charge < -0.3 is 14.7 Å². The molecule has 1 amide bonds. The lowest BCUT2D eigenvalue weighted by atomic mass is 9.66. The number of halogens is 1. The summed E-state index contributed by atoms with van der Waals surface area (Å²) in [5, 5.41) is 10.1. The first-order valence-electron chi connectivity index (χ1n) is 15.6. The van der Waals surface area contributed by atoms with Gasteiger partial charge in [-0.25, -0.2) is 4.21 Å². The van der Waals surface area contributed by atoms with E-state index in [4.69, 9.17) is 16.3 Å². The van der Waals surface area contributed by atoms with Crippen molar-refractivity contribution in [3.63, 3.8) is 0 Å². The maximum absolute atomic E-state index is 13.5. The van der Waals surface area contributed by atoms with Gasteiger partial charge in [-0.2, -0.15) is 0 Å². The van der Waals surface area contributed by atoms with Gasteiger partial charge in [-0.05, 0) is 110 Å². The predicted molar refractivity (Wildman–Crippen MR) is 170 cm³/mol. The zero-order valence-corrected chi connectivity index (χ0v) is 26.3. The number of amides is 1. The topological polar surface area (TPSA) is 78.9 Å². The number of anilines is 1. The van der Waals surface area contributed by atoms with Crippen LogP contribution in [0.25, 0.3) is 0 Å². The first-order chi connectivity index (χ1) is 20.3. The summed E-state index contributed by atoms with van der Waals surface area (Å²) >= 11 is 6.42. The number of aryl methyl sites for hydroxylation is 1. The molecule has 6 rings (SSSR count). The van der Waals surface area contributed by atoms with Crippen molar-refractivity contribution in [1.29, 1.82) is 0 Å². The van der Waals surface area contributed by atoms with Crippen LogP contribution in [0, 0.1) is 23.7 Å². The predicted octanol–water partition coefficient (Wildman–Crippen LogP) is 6.22. The maximum Gasteiger partial charge on any atom is 0.263 e. The van der Waals surface area contributed by atoms with Crippen LogP contribution in [0.5, 0.6) is 5.75 Å². The van der Waals surface area contributed by atoms with Crippen LogP contribution in [-0.2, 0) is 22.8 Å². The standard InChI is InChI=1S/C34H43ClN2O4S/c1-22-5-3-6-23(2)32(14-16-38)42(40)36-33(39)25-9-13-31-30(18-25)37(19-26-8-11-28(22)26)20-34(21-41-31)15-4-7-24-17-27(35)10-12-29(24)34/h3,5,9-10,12-13,17-18,22-23,26,28,32,38H,4,6-8,11,14-16,19-21H2,1-2H3,(H,36,39)/b5-3+/t22?,23?,26?,28?,32?,34-,42?/m0/s1. The Hall–Kier alpha value is -2.35. The fourth-order valence-corrected chi connectivity index (χ4v) is 9.31. The molecule has 2 N–H and O–H groups in total. The van der Waals surface area contributed by atoms with Gasteiger partial charge in [0.05, 0.1) is 17.5 Å². The van der Waals surface area contributed by atoms with E-state index in [1.54, 1.807) is 6.07 Å². The van der Waals surface area contributed by atoms with Gasteiger partial charge in [0.1, 0.15) is 16.7 Å². The number of nitrogens with one attached hydrogen (secondary N) is 1. The summed E-state index contributed by atoms with van der Waals surface area (Å²) in [5.41, 5.74) is 3.89. The molecular formula is C34H43ClN2O4S. The number of benzene rings is 2. The van der Waals surface area contributed by atoms with Gasteiger partial charge in [-0.3, -0.25) is 9.52 Å². The third-order valence-corrected chi connectivity index (χ3v) is 12.2. The van der Waals surface area contributed by atoms with Crippen LogP contribution in [0.3, 0.4) is 0 Å². The van der Waals surface area contributed by atoms with E-state index in [9.17, 15) is 14.1 Å². The molecule has 6 nitrogen and oxygen atoms in total. The van der Waals surface area contributed by atoms with Crippen molar-refractivity contribution in [2.45, 2.75) is 69.5 Å².